The fourth-order valence-electron chi connectivity index (χ4n) is 2.30. The summed E-state index contributed by atoms with van der Waals surface area (Å²) in [5.41, 5.74) is 2.20. The van der Waals surface area contributed by atoms with Gasteiger partial charge in [-0.1, -0.05) is 12.1 Å². The first-order valence-corrected chi connectivity index (χ1v) is 6.63. The summed E-state index contributed by atoms with van der Waals surface area (Å²) in [5.74, 6) is 0.850. The first-order chi connectivity index (χ1) is 9.74. The second-order valence-corrected chi connectivity index (χ2v) is 4.81. The zero-order valence-electron chi connectivity index (χ0n) is 11.0. The summed E-state index contributed by atoms with van der Waals surface area (Å²) in [4.78, 5) is 23.4. The smallest absolute Gasteiger partial charge is 0.167 e. The quantitative estimate of drug-likeness (QED) is 0.841. The Bertz CT molecular complexity index is 680. The van der Waals surface area contributed by atoms with Gasteiger partial charge in [-0.25, -0.2) is 4.98 Å². The van der Waals surface area contributed by atoms with Crippen molar-refractivity contribution >= 4 is 23.0 Å². The van der Waals surface area contributed by atoms with Crippen molar-refractivity contribution in [3.05, 3.63) is 41.4 Å². The maximum absolute atomic E-state index is 11.7. The largest absolute Gasteiger partial charge is 0.512 e. The Labute approximate surface area is 116 Å². The van der Waals surface area contributed by atoms with Crippen LogP contribution in [0, 0.1) is 0 Å². The Morgan fingerprint density at radius 3 is 3.00 bits per heavy atom. The van der Waals surface area contributed by atoms with Crippen LogP contribution in [0.1, 0.15) is 25.1 Å². The molecule has 1 aromatic heterocycles. The topological polar surface area (TPSA) is 78.3 Å². The zero-order valence-corrected chi connectivity index (χ0v) is 11.0. The van der Waals surface area contributed by atoms with Gasteiger partial charge in [0.25, 0.3) is 0 Å². The maximum atomic E-state index is 11.7. The Kier molecular flexibility index (Phi) is 3.33. The molecule has 0 atom stereocenters. The van der Waals surface area contributed by atoms with E-state index in [1.165, 1.54) is 6.21 Å². The minimum atomic E-state index is -0.0397. The average molecular weight is 269 g/mol. The molecule has 5 nitrogen and oxygen atoms in total. The molecular formula is C15H15N3O2. The number of allylic oxidation sites excluding steroid dienone is 2. The van der Waals surface area contributed by atoms with E-state index in [4.69, 9.17) is 0 Å². The molecule has 3 rings (SSSR count). The van der Waals surface area contributed by atoms with Crippen molar-refractivity contribution in [2.75, 3.05) is 0 Å². The van der Waals surface area contributed by atoms with Gasteiger partial charge in [0.2, 0.25) is 0 Å². The number of fused-ring (bicyclic) bond motifs is 1. The number of carbonyl (C=O) groups is 1. The average Bonchev–Trinajstić information content (AvgIpc) is 2.84. The van der Waals surface area contributed by atoms with Crippen molar-refractivity contribution in [3.63, 3.8) is 0 Å². The number of aromatic nitrogens is 2. The van der Waals surface area contributed by atoms with Crippen molar-refractivity contribution in [3.8, 4) is 0 Å². The molecule has 102 valence electrons. The van der Waals surface area contributed by atoms with Crippen LogP contribution >= 0.6 is 0 Å². The van der Waals surface area contributed by atoms with Crippen molar-refractivity contribution in [2.24, 2.45) is 4.99 Å². The molecule has 5 heteroatoms. The minimum Gasteiger partial charge on any atom is -0.512 e. The molecule has 0 amide bonds. The number of imidazole rings is 1. The number of rotatable bonds is 3. The Morgan fingerprint density at radius 2 is 2.20 bits per heavy atom. The zero-order chi connectivity index (χ0) is 13.9. The van der Waals surface area contributed by atoms with E-state index >= 15 is 0 Å². The number of para-hydroxylation sites is 2. The monoisotopic (exact) mass is 269 g/mol. The highest BCUT2D eigenvalue weighted by Gasteiger charge is 2.18. The van der Waals surface area contributed by atoms with Crippen LogP contribution in [0.4, 0.5) is 0 Å². The predicted octanol–water partition coefficient (Wildman–Crippen LogP) is 2.70. The molecule has 0 fully saturated rings. The number of ketones is 1. The molecule has 2 aromatic rings. The summed E-state index contributed by atoms with van der Waals surface area (Å²) in [5, 5.41) is 9.70. The van der Waals surface area contributed by atoms with E-state index in [1.54, 1.807) is 0 Å². The van der Waals surface area contributed by atoms with Crippen LogP contribution in [0.3, 0.4) is 0 Å². The lowest BCUT2D eigenvalue weighted by molar-refractivity contribution is -0.115. The molecule has 1 aliphatic rings. The number of hydrogen-bond donors (Lipinski definition) is 2. The molecule has 0 spiro atoms. The number of nitrogens with one attached hydrogen (secondary N) is 1. The summed E-state index contributed by atoms with van der Waals surface area (Å²) < 4.78 is 0. The van der Waals surface area contributed by atoms with E-state index in [0.29, 0.717) is 31.4 Å². The first kappa shape index (κ1) is 12.6. The molecule has 0 saturated heterocycles. The molecule has 0 radical (unpaired) electrons. The normalized spacial score (nSPS) is 16.5. The minimum absolute atomic E-state index is 0.0397. The Hall–Kier alpha value is -2.43. The summed E-state index contributed by atoms with van der Waals surface area (Å²) in [6, 6.07) is 7.75. The fourth-order valence-corrected chi connectivity index (χ4v) is 2.30. The van der Waals surface area contributed by atoms with Gasteiger partial charge in [0.15, 0.2) is 5.78 Å². The summed E-state index contributed by atoms with van der Waals surface area (Å²) in [6.07, 6.45) is 3.21. The molecule has 0 aliphatic heterocycles. The van der Waals surface area contributed by atoms with Crippen molar-refractivity contribution in [2.45, 2.75) is 25.8 Å². The van der Waals surface area contributed by atoms with Gasteiger partial charge >= 0.3 is 0 Å². The predicted molar refractivity (Wildman–Crippen MR) is 76.8 cm³/mol. The number of hydrogen-bond acceptors (Lipinski definition) is 4. The lowest BCUT2D eigenvalue weighted by Crippen LogP contribution is -2.12. The number of aliphatic hydroxyl groups excluding tert-OH is 1. The van der Waals surface area contributed by atoms with Crippen LogP contribution in [0.25, 0.3) is 11.0 Å². The van der Waals surface area contributed by atoms with Gasteiger partial charge in [-0.3, -0.25) is 9.79 Å². The molecule has 1 aliphatic carbocycles. The van der Waals surface area contributed by atoms with Crippen LogP contribution in [-0.4, -0.2) is 27.1 Å². The van der Waals surface area contributed by atoms with Crippen LogP contribution in [-0.2, 0) is 11.3 Å². The van der Waals surface area contributed by atoms with E-state index in [1.807, 2.05) is 24.3 Å². The van der Waals surface area contributed by atoms with Crippen LogP contribution in [0.2, 0.25) is 0 Å². The third-order valence-corrected chi connectivity index (χ3v) is 3.33. The van der Waals surface area contributed by atoms with E-state index in [2.05, 4.69) is 15.0 Å². The van der Waals surface area contributed by atoms with Gasteiger partial charge in [-0.05, 0) is 18.6 Å². The number of aliphatic hydroxyl groups is 1. The van der Waals surface area contributed by atoms with Gasteiger partial charge < -0.3 is 10.1 Å². The Morgan fingerprint density at radius 1 is 1.35 bits per heavy atom. The SMILES string of the molecule is O=C1CCCC(O)=C1C=NCc1nc2ccccc2[nH]1. The third kappa shape index (κ3) is 2.47. The van der Waals surface area contributed by atoms with E-state index < -0.39 is 0 Å². The van der Waals surface area contributed by atoms with Gasteiger partial charge in [0.1, 0.15) is 11.6 Å². The van der Waals surface area contributed by atoms with Gasteiger partial charge in [0.05, 0.1) is 23.2 Å². The molecule has 1 aromatic carbocycles. The summed E-state index contributed by atoms with van der Waals surface area (Å²) in [6.45, 7) is 0.360. The highest BCUT2D eigenvalue weighted by Crippen LogP contribution is 2.18. The van der Waals surface area contributed by atoms with Crippen LogP contribution in [0.5, 0.6) is 0 Å². The maximum Gasteiger partial charge on any atom is 0.167 e. The molecule has 1 heterocycles. The number of Topliss-reactive ketones (excluding diaryl/α,β-unsaturated/α-hetero) is 1. The third-order valence-electron chi connectivity index (χ3n) is 3.33. The molecule has 2 N–H and O–H groups in total. The van der Waals surface area contributed by atoms with Gasteiger partial charge in [-0.15, -0.1) is 0 Å². The summed E-state index contributed by atoms with van der Waals surface area (Å²) in [7, 11) is 0. The van der Waals surface area contributed by atoms with Crippen molar-refractivity contribution in [1.82, 2.24) is 9.97 Å². The number of nitrogens with zero attached hydrogens (tertiary/aromatic N) is 2. The molecular weight excluding hydrogens is 254 g/mol. The second-order valence-electron chi connectivity index (χ2n) is 4.81. The number of H-pyrrole nitrogens is 1. The van der Waals surface area contributed by atoms with Crippen molar-refractivity contribution in [1.29, 1.82) is 0 Å². The molecule has 0 unspecified atom stereocenters. The van der Waals surface area contributed by atoms with Gasteiger partial charge in [0, 0.05) is 19.1 Å². The Balaban J connectivity index is 1.75. The second kappa shape index (κ2) is 5.28. The van der Waals surface area contributed by atoms with E-state index in [-0.39, 0.29) is 11.5 Å². The molecule has 20 heavy (non-hydrogen) atoms. The number of aliphatic imine (C=N–C) groups is 1. The number of aromatic amines is 1. The fraction of sp³-hybridized carbons (Fsp3) is 0.267. The number of benzene rings is 1. The van der Waals surface area contributed by atoms with Crippen LogP contribution in [0.15, 0.2) is 40.6 Å². The standard InChI is InChI=1S/C15H15N3O2/c19-13-6-3-7-14(20)10(13)8-16-9-15-17-11-4-1-2-5-12(11)18-15/h1-2,4-5,8,19H,3,6-7,9H2,(H,17,18). The number of carbonyl (C=O) groups excluding carboxylic acids is 1. The lowest BCUT2D eigenvalue weighted by atomic mass is 9.97. The van der Waals surface area contributed by atoms with Crippen LogP contribution < -0.4 is 0 Å². The van der Waals surface area contributed by atoms with E-state index in [9.17, 15) is 9.90 Å². The molecule has 0 saturated carbocycles. The van der Waals surface area contributed by atoms with Gasteiger partial charge in [-0.2, -0.15) is 0 Å². The highest BCUT2D eigenvalue weighted by molar-refractivity contribution is 6.14. The van der Waals surface area contributed by atoms with Crippen molar-refractivity contribution < 1.29 is 9.90 Å². The summed E-state index contributed by atoms with van der Waals surface area (Å²) >= 11 is 0. The first-order valence-electron chi connectivity index (χ1n) is 6.63. The molecule has 0 bridgehead atoms. The highest BCUT2D eigenvalue weighted by atomic mass is 16.3. The van der Waals surface area contributed by atoms with E-state index in [0.717, 1.165) is 16.9 Å². The lowest BCUT2D eigenvalue weighted by Gasteiger charge is -2.10.